The van der Waals surface area contributed by atoms with Gasteiger partial charge in [-0.1, -0.05) is 12.1 Å². The van der Waals surface area contributed by atoms with Crippen LogP contribution in [0.25, 0.3) is 0 Å². The molecule has 2 aromatic rings. The van der Waals surface area contributed by atoms with Crippen LogP contribution in [-0.4, -0.2) is 60.2 Å². The Morgan fingerprint density at radius 1 is 1.33 bits per heavy atom. The highest BCUT2D eigenvalue weighted by Crippen LogP contribution is 2.31. The zero-order valence-electron chi connectivity index (χ0n) is 17.0. The highest BCUT2D eigenvalue weighted by Gasteiger charge is 2.29. The quantitative estimate of drug-likeness (QED) is 0.782. The number of nitrogens with one attached hydrogen (secondary N) is 1. The summed E-state index contributed by atoms with van der Waals surface area (Å²) in [6.07, 6.45) is 3.35. The normalized spacial score (nSPS) is 18.6. The van der Waals surface area contributed by atoms with Crippen molar-refractivity contribution in [2.24, 2.45) is 5.92 Å². The number of hydrogen-bond donors (Lipinski definition) is 2. The van der Waals surface area contributed by atoms with Crippen LogP contribution in [0.4, 0.5) is 11.5 Å². The van der Waals surface area contributed by atoms with Gasteiger partial charge in [-0.3, -0.25) is 9.59 Å². The van der Waals surface area contributed by atoms with Crippen LogP contribution >= 0.6 is 0 Å². The van der Waals surface area contributed by atoms with Gasteiger partial charge in [-0.25, -0.2) is 4.98 Å². The van der Waals surface area contributed by atoms with Gasteiger partial charge in [0.1, 0.15) is 5.75 Å². The molecule has 0 radical (unpaired) electrons. The van der Waals surface area contributed by atoms with E-state index >= 15 is 0 Å². The molecule has 8 heteroatoms. The lowest BCUT2D eigenvalue weighted by molar-refractivity contribution is -0.117. The lowest BCUT2D eigenvalue weighted by Crippen LogP contribution is -2.42. The minimum Gasteiger partial charge on any atom is -0.497 e. The second-order valence-corrected chi connectivity index (χ2v) is 7.72. The van der Waals surface area contributed by atoms with E-state index in [0.29, 0.717) is 36.7 Å². The molecule has 2 N–H and O–H groups in total. The van der Waals surface area contributed by atoms with Crippen LogP contribution in [0.2, 0.25) is 0 Å². The van der Waals surface area contributed by atoms with Gasteiger partial charge in [0.25, 0.3) is 5.91 Å². The van der Waals surface area contributed by atoms with E-state index in [2.05, 4.69) is 10.3 Å². The van der Waals surface area contributed by atoms with Crippen molar-refractivity contribution in [1.29, 1.82) is 0 Å². The number of rotatable bonds is 5. The van der Waals surface area contributed by atoms with Crippen molar-refractivity contribution in [3.8, 4) is 5.75 Å². The number of nitrogens with zero attached hydrogens (tertiary/aromatic N) is 3. The minimum atomic E-state index is -0.120. The first-order chi connectivity index (χ1) is 14.6. The average molecular weight is 410 g/mol. The zero-order chi connectivity index (χ0) is 21.1. The SMILES string of the molecule is COc1ccc(CN2C(=O)CNc3ncc(C(=O)N4CCCC(CO)C4)cc32)cc1. The number of aromatic nitrogens is 1. The van der Waals surface area contributed by atoms with Crippen LogP contribution < -0.4 is 15.0 Å². The molecule has 2 aliphatic heterocycles. The number of carbonyl (C=O) groups is 2. The molecule has 0 aliphatic carbocycles. The predicted octanol–water partition coefficient (Wildman–Crippen LogP) is 1.89. The first-order valence-corrected chi connectivity index (χ1v) is 10.2. The Labute approximate surface area is 175 Å². The third kappa shape index (κ3) is 4.09. The standard InChI is InChI=1S/C22H26N4O4/c1-30-18-6-4-15(5-7-18)13-26-19-9-17(10-23-21(19)24-11-20(26)28)22(29)25-8-2-3-16(12-25)14-27/h4-7,9-10,16,27H,2-3,8,11-14H2,1H3,(H,23,24). The van der Waals surface area contributed by atoms with Crippen molar-refractivity contribution < 1.29 is 19.4 Å². The molecule has 158 valence electrons. The van der Waals surface area contributed by atoms with E-state index in [4.69, 9.17) is 4.74 Å². The van der Waals surface area contributed by atoms with Gasteiger partial charge in [-0.2, -0.15) is 0 Å². The maximum absolute atomic E-state index is 13.0. The Kier molecular flexibility index (Phi) is 5.85. The number of ether oxygens (including phenoxy) is 1. The number of fused-ring (bicyclic) bond motifs is 1. The first kappa shape index (κ1) is 20.2. The fourth-order valence-electron chi connectivity index (χ4n) is 3.97. The van der Waals surface area contributed by atoms with E-state index in [-0.39, 0.29) is 30.9 Å². The molecule has 30 heavy (non-hydrogen) atoms. The molecule has 2 amide bonds. The molecular formula is C22H26N4O4. The number of methoxy groups -OCH3 is 1. The molecule has 1 aromatic heterocycles. The molecule has 1 aromatic carbocycles. The summed E-state index contributed by atoms with van der Waals surface area (Å²) in [5.41, 5.74) is 2.00. The van der Waals surface area contributed by atoms with E-state index in [0.717, 1.165) is 24.2 Å². The molecule has 8 nitrogen and oxygen atoms in total. The Balaban J connectivity index is 1.58. The summed E-state index contributed by atoms with van der Waals surface area (Å²) in [6, 6.07) is 9.28. The van der Waals surface area contributed by atoms with Crippen LogP contribution in [0.1, 0.15) is 28.8 Å². The van der Waals surface area contributed by atoms with E-state index in [9.17, 15) is 14.7 Å². The van der Waals surface area contributed by atoms with Crippen molar-refractivity contribution in [1.82, 2.24) is 9.88 Å². The Bertz CT molecular complexity index is 931. The Morgan fingerprint density at radius 3 is 2.87 bits per heavy atom. The van der Waals surface area contributed by atoms with Crippen LogP contribution in [0.15, 0.2) is 36.5 Å². The monoisotopic (exact) mass is 410 g/mol. The number of aliphatic hydroxyl groups excluding tert-OH is 1. The molecular weight excluding hydrogens is 384 g/mol. The van der Waals surface area contributed by atoms with Gasteiger partial charge < -0.3 is 25.0 Å². The number of amides is 2. The summed E-state index contributed by atoms with van der Waals surface area (Å²) in [7, 11) is 1.61. The number of benzene rings is 1. The average Bonchev–Trinajstić information content (AvgIpc) is 2.80. The second-order valence-electron chi connectivity index (χ2n) is 7.72. The second kappa shape index (κ2) is 8.71. The molecule has 1 saturated heterocycles. The number of likely N-dealkylation sites (tertiary alicyclic amines) is 1. The fraction of sp³-hybridized carbons (Fsp3) is 0.409. The third-order valence-corrected chi connectivity index (χ3v) is 5.68. The van der Waals surface area contributed by atoms with Gasteiger partial charge in [0.2, 0.25) is 5.91 Å². The molecule has 2 aliphatic rings. The maximum atomic E-state index is 13.0. The number of anilines is 2. The summed E-state index contributed by atoms with van der Waals surface area (Å²) in [6.45, 7) is 1.83. The molecule has 0 saturated carbocycles. The van der Waals surface area contributed by atoms with Gasteiger partial charge in [-0.15, -0.1) is 0 Å². The van der Waals surface area contributed by atoms with Crippen LogP contribution in [-0.2, 0) is 11.3 Å². The van der Waals surface area contributed by atoms with E-state index in [1.54, 1.807) is 29.2 Å². The molecule has 1 atom stereocenters. The minimum absolute atomic E-state index is 0.0805. The number of hydrogen-bond acceptors (Lipinski definition) is 6. The smallest absolute Gasteiger partial charge is 0.255 e. The third-order valence-electron chi connectivity index (χ3n) is 5.68. The molecule has 1 fully saturated rings. The number of carbonyl (C=O) groups excluding carboxylic acids is 2. The maximum Gasteiger partial charge on any atom is 0.255 e. The summed E-state index contributed by atoms with van der Waals surface area (Å²) in [5, 5.41) is 12.5. The summed E-state index contributed by atoms with van der Waals surface area (Å²) < 4.78 is 5.19. The molecule has 0 spiro atoms. The van der Waals surface area contributed by atoms with Gasteiger partial charge in [0, 0.05) is 25.9 Å². The fourth-order valence-corrected chi connectivity index (χ4v) is 3.97. The number of piperidine rings is 1. The molecule has 4 rings (SSSR count). The van der Waals surface area contributed by atoms with Crippen molar-refractivity contribution in [3.63, 3.8) is 0 Å². The van der Waals surface area contributed by atoms with Crippen molar-refractivity contribution in [2.75, 3.05) is 43.6 Å². The van der Waals surface area contributed by atoms with E-state index < -0.39 is 0 Å². The lowest BCUT2D eigenvalue weighted by Gasteiger charge is -2.33. The number of pyridine rings is 1. The van der Waals surface area contributed by atoms with Crippen molar-refractivity contribution >= 4 is 23.3 Å². The number of aliphatic hydroxyl groups is 1. The summed E-state index contributed by atoms with van der Waals surface area (Å²) in [5.74, 6) is 1.26. The lowest BCUT2D eigenvalue weighted by atomic mass is 9.98. The summed E-state index contributed by atoms with van der Waals surface area (Å²) >= 11 is 0. The van der Waals surface area contributed by atoms with Crippen LogP contribution in [0.5, 0.6) is 5.75 Å². The largest absolute Gasteiger partial charge is 0.497 e. The van der Waals surface area contributed by atoms with Crippen LogP contribution in [0, 0.1) is 5.92 Å². The van der Waals surface area contributed by atoms with Gasteiger partial charge >= 0.3 is 0 Å². The first-order valence-electron chi connectivity index (χ1n) is 10.2. The Morgan fingerprint density at radius 2 is 2.13 bits per heavy atom. The highest BCUT2D eigenvalue weighted by atomic mass is 16.5. The highest BCUT2D eigenvalue weighted by molar-refractivity contribution is 6.04. The molecule has 3 heterocycles. The topological polar surface area (TPSA) is 95.0 Å². The van der Waals surface area contributed by atoms with Gasteiger partial charge in [0.15, 0.2) is 5.82 Å². The van der Waals surface area contributed by atoms with Crippen molar-refractivity contribution in [3.05, 3.63) is 47.7 Å². The summed E-state index contributed by atoms with van der Waals surface area (Å²) in [4.78, 5) is 33.5. The van der Waals surface area contributed by atoms with Gasteiger partial charge in [0.05, 0.1) is 31.5 Å². The Hall–Kier alpha value is -3.13. The zero-order valence-corrected chi connectivity index (χ0v) is 17.0. The molecule has 0 bridgehead atoms. The van der Waals surface area contributed by atoms with E-state index in [1.807, 2.05) is 24.3 Å². The van der Waals surface area contributed by atoms with Crippen molar-refractivity contribution in [2.45, 2.75) is 19.4 Å². The predicted molar refractivity (Wildman–Crippen MR) is 113 cm³/mol. The van der Waals surface area contributed by atoms with Crippen LogP contribution in [0.3, 0.4) is 0 Å². The van der Waals surface area contributed by atoms with Gasteiger partial charge in [-0.05, 0) is 42.5 Å². The van der Waals surface area contributed by atoms with E-state index in [1.165, 1.54) is 0 Å². The molecule has 1 unspecified atom stereocenters.